The Labute approximate surface area is 167 Å². The summed E-state index contributed by atoms with van der Waals surface area (Å²) < 4.78 is 0. The second kappa shape index (κ2) is 8.59. The number of carbonyl (C=O) groups excluding carboxylic acids is 1. The standard InChI is InChI=1S/C24H29N3O/c1-2-3-10-15-27-23(19-13-8-5-9-14-19)17-22(26-27)24(28)25-21-16-20(21)18-11-6-4-7-12-18/h4-9,11-14,20-21,23H,2-3,10,15-17H2,1H3,(H,25,28)/t20-,21+,23?/m0/s1. The van der Waals surface area contributed by atoms with Crippen LogP contribution in [0.5, 0.6) is 0 Å². The van der Waals surface area contributed by atoms with E-state index in [4.69, 9.17) is 5.10 Å². The summed E-state index contributed by atoms with van der Waals surface area (Å²) in [5.41, 5.74) is 3.22. The van der Waals surface area contributed by atoms with Crippen LogP contribution in [0.25, 0.3) is 0 Å². The fourth-order valence-electron chi connectivity index (χ4n) is 4.06. The van der Waals surface area contributed by atoms with Crippen molar-refractivity contribution < 1.29 is 4.79 Å². The third-order valence-corrected chi connectivity index (χ3v) is 5.77. The number of hydrazone groups is 1. The Kier molecular flexibility index (Phi) is 5.75. The molecule has 2 aliphatic rings. The average Bonchev–Trinajstić information content (AvgIpc) is 3.37. The number of benzene rings is 2. The maximum Gasteiger partial charge on any atom is 0.267 e. The van der Waals surface area contributed by atoms with E-state index < -0.39 is 0 Å². The van der Waals surface area contributed by atoms with Crippen molar-refractivity contribution in [2.75, 3.05) is 6.54 Å². The molecule has 0 saturated heterocycles. The van der Waals surface area contributed by atoms with Gasteiger partial charge in [-0.3, -0.25) is 9.80 Å². The number of hydrogen-bond acceptors (Lipinski definition) is 3. The van der Waals surface area contributed by atoms with Gasteiger partial charge in [-0.25, -0.2) is 0 Å². The molecule has 1 N–H and O–H groups in total. The summed E-state index contributed by atoms with van der Waals surface area (Å²) in [5.74, 6) is 0.445. The van der Waals surface area contributed by atoms with E-state index in [2.05, 4.69) is 65.8 Å². The Morgan fingerprint density at radius 3 is 2.39 bits per heavy atom. The monoisotopic (exact) mass is 375 g/mol. The van der Waals surface area contributed by atoms with Gasteiger partial charge in [0.1, 0.15) is 5.71 Å². The summed E-state index contributed by atoms with van der Waals surface area (Å²) in [6, 6.07) is 21.3. The van der Waals surface area contributed by atoms with Gasteiger partial charge in [0.25, 0.3) is 5.91 Å². The van der Waals surface area contributed by atoms with Crippen molar-refractivity contribution in [1.82, 2.24) is 10.3 Å². The number of nitrogens with one attached hydrogen (secondary N) is 1. The van der Waals surface area contributed by atoms with Crippen LogP contribution >= 0.6 is 0 Å². The first-order valence-electron chi connectivity index (χ1n) is 10.5. The second-order valence-electron chi connectivity index (χ2n) is 7.88. The molecule has 1 aliphatic heterocycles. The maximum atomic E-state index is 12.9. The third-order valence-electron chi connectivity index (χ3n) is 5.77. The van der Waals surface area contributed by atoms with E-state index in [1.807, 2.05) is 12.1 Å². The van der Waals surface area contributed by atoms with Gasteiger partial charge in [-0.2, -0.15) is 5.10 Å². The Hall–Kier alpha value is -2.62. The second-order valence-corrected chi connectivity index (χ2v) is 7.88. The third kappa shape index (κ3) is 4.27. The Bertz CT molecular complexity index is 818. The van der Waals surface area contributed by atoms with E-state index in [0.717, 1.165) is 19.4 Å². The van der Waals surface area contributed by atoms with Gasteiger partial charge in [-0.15, -0.1) is 0 Å². The quantitative estimate of drug-likeness (QED) is 0.683. The van der Waals surface area contributed by atoms with Gasteiger partial charge in [0.2, 0.25) is 0 Å². The summed E-state index contributed by atoms with van der Waals surface area (Å²) in [4.78, 5) is 12.9. The lowest BCUT2D eigenvalue weighted by molar-refractivity contribution is -0.115. The van der Waals surface area contributed by atoms with Crippen molar-refractivity contribution in [3.8, 4) is 0 Å². The van der Waals surface area contributed by atoms with Crippen molar-refractivity contribution >= 4 is 11.6 Å². The fourth-order valence-corrected chi connectivity index (χ4v) is 4.06. The summed E-state index contributed by atoms with van der Waals surface area (Å²) in [7, 11) is 0. The molecule has 4 heteroatoms. The molecule has 0 spiro atoms. The predicted molar refractivity (Wildman–Crippen MR) is 113 cm³/mol. The van der Waals surface area contributed by atoms with Crippen LogP contribution in [0.1, 0.15) is 62.1 Å². The zero-order valence-electron chi connectivity index (χ0n) is 16.6. The number of amides is 1. The molecule has 28 heavy (non-hydrogen) atoms. The van der Waals surface area contributed by atoms with Crippen molar-refractivity contribution in [3.05, 3.63) is 71.8 Å². The van der Waals surface area contributed by atoms with Gasteiger partial charge in [-0.05, 0) is 24.0 Å². The highest BCUT2D eigenvalue weighted by molar-refractivity contribution is 6.39. The molecule has 2 aromatic carbocycles. The van der Waals surface area contributed by atoms with Crippen LogP contribution in [0.3, 0.4) is 0 Å². The Morgan fingerprint density at radius 2 is 1.71 bits per heavy atom. The smallest absolute Gasteiger partial charge is 0.267 e. The van der Waals surface area contributed by atoms with E-state index in [1.165, 1.54) is 24.0 Å². The molecule has 0 radical (unpaired) electrons. The number of carbonyl (C=O) groups is 1. The molecule has 1 aliphatic carbocycles. The van der Waals surface area contributed by atoms with Crippen LogP contribution < -0.4 is 5.32 Å². The average molecular weight is 376 g/mol. The first kappa shape index (κ1) is 18.7. The van der Waals surface area contributed by atoms with Crippen molar-refractivity contribution in [1.29, 1.82) is 0 Å². The summed E-state index contributed by atoms with van der Waals surface area (Å²) >= 11 is 0. The van der Waals surface area contributed by atoms with E-state index in [-0.39, 0.29) is 18.0 Å². The molecule has 1 unspecified atom stereocenters. The Morgan fingerprint density at radius 1 is 1.04 bits per heavy atom. The lowest BCUT2D eigenvalue weighted by Crippen LogP contribution is -2.32. The molecule has 0 bridgehead atoms. The van der Waals surface area contributed by atoms with E-state index in [0.29, 0.717) is 18.1 Å². The molecule has 3 atom stereocenters. The number of nitrogens with zero attached hydrogens (tertiary/aromatic N) is 2. The van der Waals surface area contributed by atoms with Gasteiger partial charge in [-0.1, -0.05) is 80.4 Å². The van der Waals surface area contributed by atoms with E-state index in [1.54, 1.807) is 0 Å². The highest BCUT2D eigenvalue weighted by atomic mass is 16.2. The highest BCUT2D eigenvalue weighted by Gasteiger charge is 2.41. The molecule has 1 amide bonds. The number of unbranched alkanes of at least 4 members (excludes halogenated alkanes) is 2. The van der Waals surface area contributed by atoms with Crippen molar-refractivity contribution in [2.45, 2.75) is 57.0 Å². The SMILES string of the molecule is CCCCCN1N=C(C(=O)N[C@@H]2C[C@H]2c2ccccc2)CC1c1ccccc1. The van der Waals surface area contributed by atoms with Gasteiger partial charge < -0.3 is 5.32 Å². The normalized spacial score (nSPS) is 23.4. The molecule has 4 rings (SSSR count). The maximum absolute atomic E-state index is 12.9. The van der Waals surface area contributed by atoms with Crippen LogP contribution in [-0.4, -0.2) is 29.2 Å². The molecular formula is C24H29N3O. The van der Waals surface area contributed by atoms with Gasteiger partial charge in [0.05, 0.1) is 6.04 Å². The highest BCUT2D eigenvalue weighted by Crippen LogP contribution is 2.41. The molecule has 0 aromatic heterocycles. The Balaban J connectivity index is 1.40. The number of hydrogen-bond donors (Lipinski definition) is 1. The van der Waals surface area contributed by atoms with Gasteiger partial charge in [0.15, 0.2) is 0 Å². The predicted octanol–water partition coefficient (Wildman–Crippen LogP) is 4.65. The van der Waals surface area contributed by atoms with Crippen LogP contribution in [0.4, 0.5) is 0 Å². The molecule has 2 aromatic rings. The fraction of sp³-hybridized carbons (Fsp3) is 0.417. The summed E-state index contributed by atoms with van der Waals surface area (Å²) in [6.07, 6.45) is 5.19. The minimum Gasteiger partial charge on any atom is -0.348 e. The van der Waals surface area contributed by atoms with Gasteiger partial charge >= 0.3 is 0 Å². The topological polar surface area (TPSA) is 44.7 Å². The van der Waals surface area contributed by atoms with Crippen LogP contribution in [-0.2, 0) is 4.79 Å². The lowest BCUT2D eigenvalue weighted by Gasteiger charge is -2.23. The largest absolute Gasteiger partial charge is 0.348 e. The minimum atomic E-state index is 0.00218. The van der Waals surface area contributed by atoms with Crippen LogP contribution in [0.15, 0.2) is 65.8 Å². The van der Waals surface area contributed by atoms with Crippen molar-refractivity contribution in [2.24, 2.45) is 5.10 Å². The zero-order valence-corrected chi connectivity index (χ0v) is 16.6. The van der Waals surface area contributed by atoms with Crippen LogP contribution in [0, 0.1) is 0 Å². The van der Waals surface area contributed by atoms with Crippen molar-refractivity contribution in [3.63, 3.8) is 0 Å². The molecule has 4 nitrogen and oxygen atoms in total. The van der Waals surface area contributed by atoms with E-state index >= 15 is 0 Å². The lowest BCUT2D eigenvalue weighted by atomic mass is 10.0. The molecule has 146 valence electrons. The molecular weight excluding hydrogens is 346 g/mol. The molecule has 1 heterocycles. The minimum absolute atomic E-state index is 0.00218. The number of rotatable bonds is 8. The first-order valence-corrected chi connectivity index (χ1v) is 10.5. The summed E-state index contributed by atoms with van der Waals surface area (Å²) in [5, 5.41) is 10.1. The molecule has 1 saturated carbocycles. The zero-order chi connectivity index (χ0) is 19.3. The van der Waals surface area contributed by atoms with E-state index in [9.17, 15) is 4.79 Å². The first-order chi connectivity index (χ1) is 13.8. The summed E-state index contributed by atoms with van der Waals surface area (Å²) in [6.45, 7) is 3.11. The van der Waals surface area contributed by atoms with Gasteiger partial charge in [0, 0.05) is 24.9 Å². The van der Waals surface area contributed by atoms with Crippen LogP contribution in [0.2, 0.25) is 0 Å². The molecule has 1 fully saturated rings.